The van der Waals surface area contributed by atoms with Crippen LogP contribution in [0.15, 0.2) is 9.98 Å². The van der Waals surface area contributed by atoms with Gasteiger partial charge in [0.15, 0.2) is 3.92 Å². The minimum atomic E-state index is -0.0639. The van der Waals surface area contributed by atoms with Crippen LogP contribution in [-0.4, -0.2) is 22.2 Å². The fourth-order valence-corrected chi connectivity index (χ4v) is 2.49. The van der Waals surface area contributed by atoms with Crippen molar-refractivity contribution in [1.29, 1.82) is 0 Å². The smallest absolute Gasteiger partial charge is 0.214 e. The van der Waals surface area contributed by atoms with E-state index in [0.717, 1.165) is 19.8 Å². The number of methoxy groups -OCH3 is 1. The van der Waals surface area contributed by atoms with Gasteiger partial charge >= 0.3 is 0 Å². The summed E-state index contributed by atoms with van der Waals surface area (Å²) in [5.41, 5.74) is 1.46. The van der Waals surface area contributed by atoms with E-state index in [0.29, 0.717) is 5.88 Å². The molecule has 6 heteroatoms. The fraction of sp³-hybridized carbons (Fsp3) is 0.250. The molecule has 0 amide bonds. The molecule has 0 aliphatic carbocycles. The van der Waals surface area contributed by atoms with Crippen LogP contribution < -0.4 is 4.74 Å². The molecule has 0 spiro atoms. The quantitative estimate of drug-likeness (QED) is 0.910. The van der Waals surface area contributed by atoms with Crippen LogP contribution in [0, 0.1) is 0 Å². The van der Waals surface area contributed by atoms with Gasteiger partial charge in [0.05, 0.1) is 13.7 Å². The molecule has 0 aliphatic heterocycles. The van der Waals surface area contributed by atoms with Crippen molar-refractivity contribution in [2.45, 2.75) is 6.61 Å². The molecule has 0 aliphatic rings. The van der Waals surface area contributed by atoms with Gasteiger partial charge in [0, 0.05) is 11.6 Å². The predicted molar refractivity (Wildman–Crippen MR) is 57.6 cm³/mol. The first-order valence-corrected chi connectivity index (χ1v) is 5.46. The van der Waals surface area contributed by atoms with Crippen molar-refractivity contribution in [3.05, 3.63) is 15.5 Å². The first-order valence-electron chi connectivity index (χ1n) is 3.85. The zero-order chi connectivity index (χ0) is 10.1. The van der Waals surface area contributed by atoms with E-state index in [1.165, 1.54) is 11.3 Å². The third kappa shape index (κ3) is 1.60. The van der Waals surface area contributed by atoms with Gasteiger partial charge < -0.3 is 9.84 Å². The SMILES string of the molecule is COc1cc(CO)c2nc(Br)sc2n1. The average molecular weight is 275 g/mol. The molecule has 0 fully saturated rings. The molecule has 74 valence electrons. The molecule has 4 nitrogen and oxygen atoms in total. The second-order valence-corrected chi connectivity index (χ2v) is 4.86. The molecule has 2 aromatic rings. The highest BCUT2D eigenvalue weighted by molar-refractivity contribution is 9.11. The highest BCUT2D eigenvalue weighted by Gasteiger charge is 2.10. The Kier molecular flexibility index (Phi) is 2.66. The Bertz CT molecular complexity index is 472. The number of hydrogen-bond acceptors (Lipinski definition) is 5. The number of ether oxygens (including phenoxy) is 1. The van der Waals surface area contributed by atoms with Crippen molar-refractivity contribution in [2.24, 2.45) is 0 Å². The molecule has 14 heavy (non-hydrogen) atoms. The summed E-state index contributed by atoms with van der Waals surface area (Å²) < 4.78 is 5.77. The summed E-state index contributed by atoms with van der Waals surface area (Å²) in [4.78, 5) is 9.20. The third-order valence-electron chi connectivity index (χ3n) is 1.78. The summed E-state index contributed by atoms with van der Waals surface area (Å²) in [5.74, 6) is 0.498. The fourth-order valence-electron chi connectivity index (χ4n) is 1.15. The number of thiazole rings is 1. The summed E-state index contributed by atoms with van der Waals surface area (Å²) >= 11 is 4.69. The Morgan fingerprint density at radius 3 is 3.00 bits per heavy atom. The molecular formula is C8H7BrN2O2S. The third-order valence-corrected chi connectivity index (χ3v) is 3.18. The van der Waals surface area contributed by atoms with Gasteiger partial charge in [-0.15, -0.1) is 0 Å². The van der Waals surface area contributed by atoms with Crippen molar-refractivity contribution in [1.82, 2.24) is 9.97 Å². The zero-order valence-electron chi connectivity index (χ0n) is 7.32. The lowest BCUT2D eigenvalue weighted by Crippen LogP contribution is -1.92. The summed E-state index contributed by atoms with van der Waals surface area (Å²) in [5, 5.41) is 9.13. The maximum Gasteiger partial charge on any atom is 0.214 e. The van der Waals surface area contributed by atoms with Crippen LogP contribution in [0.2, 0.25) is 0 Å². The number of halogens is 1. The molecule has 0 saturated carbocycles. The summed E-state index contributed by atoms with van der Waals surface area (Å²) in [6.07, 6.45) is 0. The van der Waals surface area contributed by atoms with Gasteiger partial charge in [-0.1, -0.05) is 11.3 Å². The number of nitrogens with zero attached hydrogens (tertiary/aromatic N) is 2. The van der Waals surface area contributed by atoms with E-state index in [-0.39, 0.29) is 6.61 Å². The predicted octanol–water partition coefficient (Wildman–Crippen LogP) is 1.95. The molecular weight excluding hydrogens is 268 g/mol. The molecule has 0 radical (unpaired) electrons. The number of aromatic nitrogens is 2. The van der Waals surface area contributed by atoms with E-state index in [4.69, 9.17) is 9.84 Å². The number of hydrogen-bond donors (Lipinski definition) is 1. The second-order valence-electron chi connectivity index (χ2n) is 2.60. The maximum atomic E-state index is 9.13. The van der Waals surface area contributed by atoms with Gasteiger partial charge in [0.2, 0.25) is 5.88 Å². The normalized spacial score (nSPS) is 10.8. The minimum absolute atomic E-state index is 0.0639. The number of pyridine rings is 1. The Morgan fingerprint density at radius 1 is 1.57 bits per heavy atom. The Morgan fingerprint density at radius 2 is 2.36 bits per heavy atom. The molecule has 1 N–H and O–H groups in total. The van der Waals surface area contributed by atoms with Gasteiger partial charge in [-0.05, 0) is 15.9 Å². The summed E-state index contributed by atoms with van der Waals surface area (Å²) in [6, 6.07) is 1.69. The standard InChI is InChI=1S/C8H7BrN2O2S/c1-13-5-2-4(3-12)6-7(10-5)14-8(9)11-6/h2,12H,3H2,1H3. The lowest BCUT2D eigenvalue weighted by molar-refractivity contribution is 0.282. The van der Waals surface area contributed by atoms with Crippen LogP contribution in [0.4, 0.5) is 0 Å². The van der Waals surface area contributed by atoms with Crippen LogP contribution in [0.5, 0.6) is 5.88 Å². The number of fused-ring (bicyclic) bond motifs is 1. The Labute approximate surface area is 92.7 Å². The maximum absolute atomic E-state index is 9.13. The van der Waals surface area contributed by atoms with E-state index in [1.807, 2.05) is 0 Å². The Hall–Kier alpha value is -0.720. The van der Waals surface area contributed by atoms with E-state index in [2.05, 4.69) is 25.9 Å². The average Bonchev–Trinajstić information content (AvgIpc) is 2.56. The molecule has 2 heterocycles. The molecule has 0 unspecified atom stereocenters. The van der Waals surface area contributed by atoms with Gasteiger partial charge in [-0.3, -0.25) is 0 Å². The van der Waals surface area contributed by atoms with Crippen LogP contribution >= 0.6 is 27.3 Å². The van der Waals surface area contributed by atoms with E-state index < -0.39 is 0 Å². The first kappa shape index (κ1) is 9.82. The topological polar surface area (TPSA) is 55.2 Å². The highest BCUT2D eigenvalue weighted by Crippen LogP contribution is 2.29. The highest BCUT2D eigenvalue weighted by atomic mass is 79.9. The lowest BCUT2D eigenvalue weighted by Gasteiger charge is -2.01. The van der Waals surface area contributed by atoms with E-state index in [9.17, 15) is 0 Å². The van der Waals surface area contributed by atoms with Gasteiger partial charge in [0.1, 0.15) is 10.3 Å². The van der Waals surface area contributed by atoms with E-state index in [1.54, 1.807) is 13.2 Å². The van der Waals surface area contributed by atoms with Crippen molar-refractivity contribution in [3.63, 3.8) is 0 Å². The van der Waals surface area contributed by atoms with Crippen molar-refractivity contribution in [3.8, 4) is 5.88 Å². The summed E-state index contributed by atoms with van der Waals surface area (Å²) in [6.45, 7) is -0.0639. The molecule has 0 bridgehead atoms. The van der Waals surface area contributed by atoms with Crippen LogP contribution in [0.1, 0.15) is 5.56 Å². The molecule has 0 atom stereocenters. The summed E-state index contributed by atoms with van der Waals surface area (Å²) in [7, 11) is 1.55. The van der Waals surface area contributed by atoms with Crippen LogP contribution in [0.25, 0.3) is 10.3 Å². The molecule has 2 aromatic heterocycles. The molecule has 0 saturated heterocycles. The number of aliphatic hydroxyl groups excluding tert-OH is 1. The van der Waals surface area contributed by atoms with Gasteiger partial charge in [-0.25, -0.2) is 9.97 Å². The molecule has 2 rings (SSSR count). The zero-order valence-corrected chi connectivity index (χ0v) is 9.72. The monoisotopic (exact) mass is 274 g/mol. The second kappa shape index (κ2) is 3.80. The van der Waals surface area contributed by atoms with Gasteiger partial charge in [-0.2, -0.15) is 0 Å². The van der Waals surface area contributed by atoms with Gasteiger partial charge in [0.25, 0.3) is 0 Å². The number of aliphatic hydroxyl groups is 1. The van der Waals surface area contributed by atoms with Crippen LogP contribution in [-0.2, 0) is 6.61 Å². The van der Waals surface area contributed by atoms with Crippen LogP contribution in [0.3, 0.4) is 0 Å². The van der Waals surface area contributed by atoms with E-state index >= 15 is 0 Å². The number of rotatable bonds is 2. The molecule has 0 aromatic carbocycles. The minimum Gasteiger partial charge on any atom is -0.481 e. The van der Waals surface area contributed by atoms with Crippen molar-refractivity contribution in [2.75, 3.05) is 7.11 Å². The van der Waals surface area contributed by atoms with Crippen molar-refractivity contribution >= 4 is 37.6 Å². The largest absolute Gasteiger partial charge is 0.481 e. The first-order chi connectivity index (χ1) is 6.74. The van der Waals surface area contributed by atoms with Crippen molar-refractivity contribution < 1.29 is 9.84 Å². The lowest BCUT2D eigenvalue weighted by atomic mass is 10.2. The Balaban J connectivity index is 2.72.